The molecule has 15 heavy (non-hydrogen) atoms. The lowest BCUT2D eigenvalue weighted by atomic mass is 10.1. The Morgan fingerprint density at radius 1 is 0.867 bits per heavy atom. The maximum absolute atomic E-state index is 12.9. The highest BCUT2D eigenvalue weighted by atomic mass is 79.9. The zero-order valence-electron chi connectivity index (χ0n) is 7.55. The van der Waals surface area contributed by atoms with Crippen LogP contribution >= 0.6 is 15.9 Å². The highest BCUT2D eigenvalue weighted by molar-refractivity contribution is 9.10. The van der Waals surface area contributed by atoms with Gasteiger partial charge in [-0.3, -0.25) is 4.98 Å². The van der Waals surface area contributed by atoms with Gasteiger partial charge < -0.3 is 0 Å². The number of hydrogen-bond acceptors (Lipinski definition) is 1. The van der Waals surface area contributed by atoms with E-state index in [1.807, 2.05) is 0 Å². The van der Waals surface area contributed by atoms with Crippen molar-refractivity contribution >= 4 is 15.9 Å². The van der Waals surface area contributed by atoms with Crippen LogP contribution in [0.25, 0.3) is 11.1 Å². The summed E-state index contributed by atoms with van der Waals surface area (Å²) in [6, 6.07) is 5.13. The molecule has 0 fully saturated rings. The molecule has 1 aromatic carbocycles. The summed E-state index contributed by atoms with van der Waals surface area (Å²) in [4.78, 5) is 3.93. The second kappa shape index (κ2) is 4.06. The summed E-state index contributed by atoms with van der Waals surface area (Å²) in [7, 11) is 0. The van der Waals surface area contributed by atoms with Crippen molar-refractivity contribution in [3.05, 3.63) is 52.8 Å². The first-order chi connectivity index (χ1) is 7.15. The number of hydrogen-bond donors (Lipinski definition) is 0. The van der Waals surface area contributed by atoms with E-state index in [1.54, 1.807) is 18.5 Å². The van der Waals surface area contributed by atoms with Crippen LogP contribution in [0.5, 0.6) is 0 Å². The van der Waals surface area contributed by atoms with Crippen molar-refractivity contribution in [2.45, 2.75) is 0 Å². The summed E-state index contributed by atoms with van der Waals surface area (Å²) in [5.74, 6) is -1.19. The predicted octanol–water partition coefficient (Wildman–Crippen LogP) is 3.79. The molecular weight excluding hydrogens is 264 g/mol. The van der Waals surface area contributed by atoms with Crippen LogP contribution in [0.15, 0.2) is 41.1 Å². The molecule has 0 bridgehead atoms. The minimum Gasteiger partial charge on any atom is -0.263 e. The molecule has 0 radical (unpaired) electrons. The molecule has 0 aliphatic carbocycles. The fraction of sp³-hybridized carbons (Fsp3) is 0. The molecule has 0 saturated heterocycles. The zero-order chi connectivity index (χ0) is 10.8. The smallest absolute Gasteiger partial charge is 0.126 e. The minimum atomic E-state index is -0.593. The number of benzene rings is 1. The van der Waals surface area contributed by atoms with Crippen molar-refractivity contribution in [2.75, 3.05) is 0 Å². The first kappa shape index (κ1) is 10.2. The number of halogens is 3. The molecule has 2 rings (SSSR count). The molecule has 0 aliphatic rings. The van der Waals surface area contributed by atoms with Crippen LogP contribution in [-0.2, 0) is 0 Å². The van der Waals surface area contributed by atoms with E-state index in [0.717, 1.165) is 10.5 Å². The van der Waals surface area contributed by atoms with Gasteiger partial charge in [0.1, 0.15) is 11.6 Å². The van der Waals surface area contributed by atoms with Crippen LogP contribution in [0, 0.1) is 11.6 Å². The summed E-state index contributed by atoms with van der Waals surface area (Å²) in [5.41, 5.74) is 1.14. The third-order valence-electron chi connectivity index (χ3n) is 1.90. The standard InChI is InChI=1S/C11H6BrF2N/c12-9-1-8(5-15-6-9)7-2-10(13)4-11(14)3-7/h1-6H. The van der Waals surface area contributed by atoms with Crippen molar-refractivity contribution in [2.24, 2.45) is 0 Å². The van der Waals surface area contributed by atoms with Crippen molar-refractivity contribution in [1.82, 2.24) is 4.98 Å². The van der Waals surface area contributed by atoms with Gasteiger partial charge in [-0.25, -0.2) is 8.78 Å². The Kier molecular flexibility index (Phi) is 2.77. The van der Waals surface area contributed by atoms with Gasteiger partial charge in [0.25, 0.3) is 0 Å². The van der Waals surface area contributed by atoms with Gasteiger partial charge in [0.05, 0.1) is 0 Å². The van der Waals surface area contributed by atoms with Crippen LogP contribution in [0.1, 0.15) is 0 Å². The molecule has 0 atom stereocenters. The van der Waals surface area contributed by atoms with Gasteiger partial charge in [0.2, 0.25) is 0 Å². The number of nitrogens with zero attached hydrogens (tertiary/aromatic N) is 1. The molecule has 4 heteroatoms. The van der Waals surface area contributed by atoms with Gasteiger partial charge in [0, 0.05) is 28.5 Å². The summed E-state index contributed by atoms with van der Waals surface area (Å²) < 4.78 is 26.7. The Bertz CT molecular complexity index is 479. The quantitative estimate of drug-likeness (QED) is 0.768. The van der Waals surface area contributed by atoms with E-state index in [9.17, 15) is 8.78 Å². The summed E-state index contributed by atoms with van der Waals surface area (Å²) >= 11 is 3.25. The lowest BCUT2D eigenvalue weighted by Crippen LogP contribution is -1.85. The fourth-order valence-electron chi connectivity index (χ4n) is 1.29. The van der Waals surface area contributed by atoms with Crippen molar-refractivity contribution in [3.8, 4) is 11.1 Å². The highest BCUT2D eigenvalue weighted by Gasteiger charge is 2.03. The van der Waals surface area contributed by atoms with E-state index in [2.05, 4.69) is 20.9 Å². The SMILES string of the molecule is Fc1cc(F)cc(-c2cncc(Br)c2)c1. The highest BCUT2D eigenvalue weighted by Crippen LogP contribution is 2.23. The molecule has 0 unspecified atom stereocenters. The van der Waals surface area contributed by atoms with E-state index >= 15 is 0 Å². The van der Waals surface area contributed by atoms with Crippen LogP contribution < -0.4 is 0 Å². The number of aromatic nitrogens is 1. The monoisotopic (exact) mass is 269 g/mol. The van der Waals surface area contributed by atoms with Crippen molar-refractivity contribution < 1.29 is 8.78 Å². The second-order valence-corrected chi connectivity index (χ2v) is 3.97. The molecule has 0 spiro atoms. The fourth-order valence-corrected chi connectivity index (χ4v) is 1.66. The molecule has 0 amide bonds. The normalized spacial score (nSPS) is 10.3. The number of pyridine rings is 1. The van der Waals surface area contributed by atoms with E-state index < -0.39 is 11.6 Å². The Hall–Kier alpha value is -1.29. The number of rotatable bonds is 1. The topological polar surface area (TPSA) is 12.9 Å². The van der Waals surface area contributed by atoms with Crippen LogP contribution in [0.4, 0.5) is 8.78 Å². The molecule has 1 nitrogen and oxygen atoms in total. The van der Waals surface area contributed by atoms with Gasteiger partial charge in [-0.2, -0.15) is 0 Å². The summed E-state index contributed by atoms with van der Waals surface area (Å²) in [6.07, 6.45) is 3.16. The molecule has 1 aromatic heterocycles. The minimum absolute atomic E-state index is 0.473. The summed E-state index contributed by atoms with van der Waals surface area (Å²) in [5, 5.41) is 0. The van der Waals surface area contributed by atoms with E-state index in [0.29, 0.717) is 11.1 Å². The van der Waals surface area contributed by atoms with Gasteiger partial charge in [-0.15, -0.1) is 0 Å². The van der Waals surface area contributed by atoms with Gasteiger partial charge in [-0.1, -0.05) is 0 Å². The second-order valence-electron chi connectivity index (χ2n) is 3.05. The van der Waals surface area contributed by atoms with Crippen molar-refractivity contribution in [1.29, 1.82) is 0 Å². The first-order valence-electron chi connectivity index (χ1n) is 4.22. The molecular formula is C11H6BrF2N. The van der Waals surface area contributed by atoms with E-state index in [-0.39, 0.29) is 0 Å². The van der Waals surface area contributed by atoms with Gasteiger partial charge in [-0.05, 0) is 39.7 Å². The molecule has 0 aliphatic heterocycles. The molecule has 0 N–H and O–H groups in total. The molecule has 76 valence electrons. The lowest BCUT2D eigenvalue weighted by molar-refractivity contribution is 0.584. The molecule has 1 heterocycles. The van der Waals surface area contributed by atoms with Crippen LogP contribution in [0.2, 0.25) is 0 Å². The summed E-state index contributed by atoms with van der Waals surface area (Å²) in [6.45, 7) is 0. The van der Waals surface area contributed by atoms with E-state index in [1.165, 1.54) is 12.1 Å². The Labute approximate surface area is 93.9 Å². The van der Waals surface area contributed by atoms with Crippen molar-refractivity contribution in [3.63, 3.8) is 0 Å². The largest absolute Gasteiger partial charge is 0.263 e. The van der Waals surface area contributed by atoms with Crippen LogP contribution in [0.3, 0.4) is 0 Å². The zero-order valence-corrected chi connectivity index (χ0v) is 9.13. The predicted molar refractivity (Wildman–Crippen MR) is 57.3 cm³/mol. The Morgan fingerprint density at radius 3 is 2.13 bits per heavy atom. The molecule has 0 saturated carbocycles. The first-order valence-corrected chi connectivity index (χ1v) is 5.01. The van der Waals surface area contributed by atoms with Gasteiger partial charge >= 0.3 is 0 Å². The van der Waals surface area contributed by atoms with Gasteiger partial charge in [0.15, 0.2) is 0 Å². The van der Waals surface area contributed by atoms with E-state index in [4.69, 9.17) is 0 Å². The van der Waals surface area contributed by atoms with Crippen LogP contribution in [-0.4, -0.2) is 4.98 Å². The molecule has 2 aromatic rings. The average molecular weight is 270 g/mol. The Morgan fingerprint density at radius 2 is 1.53 bits per heavy atom. The lowest BCUT2D eigenvalue weighted by Gasteiger charge is -2.02. The average Bonchev–Trinajstić information content (AvgIpc) is 2.16. The Balaban J connectivity index is 2.54. The maximum atomic E-state index is 12.9. The maximum Gasteiger partial charge on any atom is 0.126 e. The third-order valence-corrected chi connectivity index (χ3v) is 2.33. The third kappa shape index (κ3) is 2.39.